The fourth-order valence-corrected chi connectivity index (χ4v) is 1.46. The van der Waals surface area contributed by atoms with Crippen LogP contribution in [0.25, 0.3) is 0 Å². The molecule has 1 aromatic rings. The molecule has 0 fully saturated rings. The average molecular weight is 213 g/mol. The van der Waals surface area contributed by atoms with Gasteiger partial charge in [-0.2, -0.15) is 0 Å². The second-order valence-corrected chi connectivity index (χ2v) is 3.66. The Labute approximate surface area is 89.5 Å². The van der Waals surface area contributed by atoms with Gasteiger partial charge in [0, 0.05) is 5.56 Å². The molecule has 0 amide bonds. The van der Waals surface area contributed by atoms with Crippen LogP contribution in [-0.2, 0) is 6.42 Å². The molecule has 0 aliphatic heterocycles. The number of nitrogens with one attached hydrogen (secondary N) is 1. The Kier molecular flexibility index (Phi) is 4.69. The van der Waals surface area contributed by atoms with Crippen LogP contribution < -0.4 is 5.32 Å². The number of hydrogen-bond acceptors (Lipinski definition) is 1. The summed E-state index contributed by atoms with van der Waals surface area (Å²) in [6.45, 7) is 5.21. The summed E-state index contributed by atoms with van der Waals surface area (Å²) in [7, 11) is 0. The van der Waals surface area contributed by atoms with E-state index in [-0.39, 0.29) is 5.56 Å². The van der Waals surface area contributed by atoms with E-state index in [1.54, 1.807) is 6.92 Å². The van der Waals surface area contributed by atoms with Crippen LogP contribution in [0.15, 0.2) is 12.1 Å². The molecule has 0 aliphatic carbocycles. The van der Waals surface area contributed by atoms with Crippen LogP contribution in [-0.4, -0.2) is 13.1 Å². The van der Waals surface area contributed by atoms with Gasteiger partial charge in [-0.15, -0.1) is 0 Å². The van der Waals surface area contributed by atoms with Gasteiger partial charge in [-0.1, -0.05) is 13.0 Å². The van der Waals surface area contributed by atoms with Crippen LogP contribution in [0.3, 0.4) is 0 Å². The lowest BCUT2D eigenvalue weighted by Crippen LogP contribution is -2.19. The van der Waals surface area contributed by atoms with Crippen molar-refractivity contribution in [2.75, 3.05) is 13.1 Å². The maximum absolute atomic E-state index is 13.5. The first-order valence-electron chi connectivity index (χ1n) is 5.31. The van der Waals surface area contributed by atoms with Crippen molar-refractivity contribution < 1.29 is 8.78 Å². The molecule has 0 bridgehead atoms. The van der Waals surface area contributed by atoms with Crippen molar-refractivity contribution in [2.45, 2.75) is 26.7 Å². The van der Waals surface area contributed by atoms with Gasteiger partial charge in [-0.05, 0) is 44.5 Å². The summed E-state index contributed by atoms with van der Waals surface area (Å²) < 4.78 is 26.8. The Hall–Kier alpha value is -0.960. The zero-order chi connectivity index (χ0) is 11.3. The van der Waals surface area contributed by atoms with Gasteiger partial charge in [-0.3, -0.25) is 0 Å². The minimum absolute atomic E-state index is 0.193. The van der Waals surface area contributed by atoms with E-state index in [9.17, 15) is 8.78 Å². The Morgan fingerprint density at radius 3 is 2.60 bits per heavy atom. The maximum Gasteiger partial charge on any atom is 0.132 e. The molecule has 0 aliphatic rings. The van der Waals surface area contributed by atoms with Crippen molar-refractivity contribution in [3.05, 3.63) is 34.9 Å². The summed E-state index contributed by atoms with van der Waals surface area (Å²) in [5, 5.41) is 3.12. The topological polar surface area (TPSA) is 12.0 Å². The number of aryl methyl sites for hydroxylation is 1. The molecule has 0 saturated heterocycles. The lowest BCUT2D eigenvalue weighted by Gasteiger charge is -2.07. The van der Waals surface area contributed by atoms with Gasteiger partial charge in [0.1, 0.15) is 11.6 Å². The lowest BCUT2D eigenvalue weighted by atomic mass is 10.1. The summed E-state index contributed by atoms with van der Waals surface area (Å²) in [4.78, 5) is 0. The molecule has 1 aromatic carbocycles. The van der Waals surface area contributed by atoms with E-state index in [2.05, 4.69) is 12.2 Å². The molecule has 0 atom stereocenters. The molecular weight excluding hydrogens is 196 g/mol. The van der Waals surface area contributed by atoms with Gasteiger partial charge < -0.3 is 5.32 Å². The normalized spacial score (nSPS) is 10.7. The van der Waals surface area contributed by atoms with Gasteiger partial charge >= 0.3 is 0 Å². The minimum atomic E-state index is -0.448. The summed E-state index contributed by atoms with van der Waals surface area (Å²) in [6.07, 6.45) is 1.43. The van der Waals surface area contributed by atoms with Gasteiger partial charge in [0.15, 0.2) is 0 Å². The third-order valence-corrected chi connectivity index (χ3v) is 2.36. The van der Waals surface area contributed by atoms with Crippen molar-refractivity contribution in [1.82, 2.24) is 5.32 Å². The van der Waals surface area contributed by atoms with Crippen LogP contribution in [0.4, 0.5) is 8.78 Å². The number of rotatable bonds is 5. The Bertz CT molecular complexity index is 324. The molecular formula is C12H17F2N. The van der Waals surface area contributed by atoms with Gasteiger partial charge in [-0.25, -0.2) is 8.78 Å². The van der Waals surface area contributed by atoms with Gasteiger partial charge in [0.2, 0.25) is 0 Å². The molecule has 1 rings (SSSR count). The van der Waals surface area contributed by atoms with Crippen molar-refractivity contribution in [3.8, 4) is 0 Å². The smallest absolute Gasteiger partial charge is 0.132 e. The van der Waals surface area contributed by atoms with E-state index in [0.29, 0.717) is 18.5 Å². The third kappa shape index (κ3) is 3.27. The highest BCUT2D eigenvalue weighted by Gasteiger charge is 2.10. The van der Waals surface area contributed by atoms with Crippen LogP contribution in [0.1, 0.15) is 24.5 Å². The van der Waals surface area contributed by atoms with E-state index in [1.807, 2.05) is 0 Å². The van der Waals surface area contributed by atoms with E-state index < -0.39 is 11.6 Å². The van der Waals surface area contributed by atoms with E-state index >= 15 is 0 Å². The molecule has 0 aromatic heterocycles. The highest BCUT2D eigenvalue weighted by Crippen LogP contribution is 2.16. The molecule has 0 heterocycles. The molecule has 3 heteroatoms. The number of hydrogen-bond donors (Lipinski definition) is 1. The molecule has 84 valence electrons. The first-order valence-corrected chi connectivity index (χ1v) is 5.31. The van der Waals surface area contributed by atoms with Crippen LogP contribution in [0.2, 0.25) is 0 Å². The molecule has 0 radical (unpaired) electrons. The number of benzene rings is 1. The first kappa shape index (κ1) is 12.1. The molecule has 1 nitrogen and oxygen atoms in total. The second kappa shape index (κ2) is 5.81. The summed E-state index contributed by atoms with van der Waals surface area (Å²) in [6, 6.07) is 2.79. The number of halogens is 2. The van der Waals surface area contributed by atoms with Crippen molar-refractivity contribution in [1.29, 1.82) is 0 Å². The van der Waals surface area contributed by atoms with Gasteiger partial charge in [0.05, 0.1) is 0 Å². The SMILES string of the molecule is CCCNCCc1c(F)ccc(C)c1F. The van der Waals surface area contributed by atoms with Crippen molar-refractivity contribution >= 4 is 0 Å². The lowest BCUT2D eigenvalue weighted by molar-refractivity contribution is 0.541. The molecule has 0 spiro atoms. The molecule has 0 saturated carbocycles. The fraction of sp³-hybridized carbons (Fsp3) is 0.500. The quantitative estimate of drug-likeness (QED) is 0.742. The Balaban J connectivity index is 2.63. The third-order valence-electron chi connectivity index (χ3n) is 2.36. The highest BCUT2D eigenvalue weighted by molar-refractivity contribution is 5.26. The Morgan fingerprint density at radius 1 is 1.20 bits per heavy atom. The van der Waals surface area contributed by atoms with Crippen molar-refractivity contribution in [2.24, 2.45) is 0 Å². The largest absolute Gasteiger partial charge is 0.316 e. The van der Waals surface area contributed by atoms with Crippen LogP contribution >= 0.6 is 0 Å². The fourth-order valence-electron chi connectivity index (χ4n) is 1.46. The maximum atomic E-state index is 13.5. The summed E-state index contributed by atoms with van der Waals surface area (Å²) >= 11 is 0. The van der Waals surface area contributed by atoms with Crippen LogP contribution in [0, 0.1) is 18.6 Å². The summed E-state index contributed by atoms with van der Waals surface area (Å²) in [5.74, 6) is -0.857. The summed E-state index contributed by atoms with van der Waals surface area (Å²) in [5.41, 5.74) is 0.695. The first-order chi connectivity index (χ1) is 7.16. The minimum Gasteiger partial charge on any atom is -0.316 e. The predicted octanol–water partition coefficient (Wildman–Crippen LogP) is 2.82. The molecule has 1 N–H and O–H groups in total. The zero-order valence-electron chi connectivity index (χ0n) is 9.24. The monoisotopic (exact) mass is 213 g/mol. The van der Waals surface area contributed by atoms with E-state index in [4.69, 9.17) is 0 Å². The second-order valence-electron chi connectivity index (χ2n) is 3.66. The van der Waals surface area contributed by atoms with E-state index in [1.165, 1.54) is 12.1 Å². The van der Waals surface area contributed by atoms with E-state index in [0.717, 1.165) is 13.0 Å². The Morgan fingerprint density at radius 2 is 1.93 bits per heavy atom. The van der Waals surface area contributed by atoms with Crippen LogP contribution in [0.5, 0.6) is 0 Å². The molecule has 0 unspecified atom stereocenters. The highest BCUT2D eigenvalue weighted by atomic mass is 19.1. The van der Waals surface area contributed by atoms with Gasteiger partial charge in [0.25, 0.3) is 0 Å². The van der Waals surface area contributed by atoms with Crippen molar-refractivity contribution in [3.63, 3.8) is 0 Å². The zero-order valence-corrected chi connectivity index (χ0v) is 9.24. The molecule has 15 heavy (non-hydrogen) atoms. The predicted molar refractivity (Wildman–Crippen MR) is 58.0 cm³/mol. The standard InChI is InChI=1S/C12H17F2N/c1-3-7-15-8-6-10-11(13)5-4-9(2)12(10)14/h4-5,15H,3,6-8H2,1-2H3. The average Bonchev–Trinajstić information content (AvgIpc) is 2.23.